The quantitative estimate of drug-likeness (QED) is 0.487. The number of Topliss-reactive ketones (excluding diaryl/α,β-unsaturated/α-hetero) is 1. The number of aromatic nitrogens is 3. The highest BCUT2D eigenvalue weighted by molar-refractivity contribution is 6.06. The van der Waals surface area contributed by atoms with E-state index in [2.05, 4.69) is 25.2 Å². The number of piperidine rings is 1. The first-order chi connectivity index (χ1) is 17.0. The highest BCUT2D eigenvalue weighted by Crippen LogP contribution is 2.27. The van der Waals surface area contributed by atoms with Gasteiger partial charge in [0.25, 0.3) is 5.91 Å². The molecule has 0 radical (unpaired) electrons. The summed E-state index contributed by atoms with van der Waals surface area (Å²) < 4.78 is 16.1. The van der Waals surface area contributed by atoms with Crippen LogP contribution in [0, 0.1) is 5.92 Å². The Balaban J connectivity index is 1.51. The summed E-state index contributed by atoms with van der Waals surface area (Å²) in [6.07, 6.45) is 1.60. The standard InChI is InChI=1S/C25H27N5O5/c1-30-13-11-16(12-14-30)23(31)18-8-6-10-20(26-18)27-24(32)17-7-4-5-9-19(17)35-25-28-21(33-2)15-22(29-25)34-3/h4-10,15-16H,11-14H2,1-3H3,(H,26,27,32). The third-order valence-corrected chi connectivity index (χ3v) is 5.74. The monoisotopic (exact) mass is 477 g/mol. The fourth-order valence-corrected chi connectivity index (χ4v) is 3.79. The van der Waals surface area contributed by atoms with Gasteiger partial charge >= 0.3 is 6.01 Å². The number of pyridine rings is 1. The molecule has 1 amide bonds. The number of ketones is 1. The van der Waals surface area contributed by atoms with Crippen LogP contribution in [0.5, 0.6) is 23.5 Å². The number of hydrogen-bond donors (Lipinski definition) is 1. The van der Waals surface area contributed by atoms with Crippen LogP contribution in [0.2, 0.25) is 0 Å². The molecule has 0 saturated carbocycles. The summed E-state index contributed by atoms with van der Waals surface area (Å²) in [6.45, 7) is 1.76. The van der Waals surface area contributed by atoms with Crippen LogP contribution in [0.25, 0.3) is 0 Å². The van der Waals surface area contributed by atoms with E-state index in [4.69, 9.17) is 14.2 Å². The minimum atomic E-state index is -0.452. The third-order valence-electron chi connectivity index (χ3n) is 5.74. The molecule has 1 aromatic carbocycles. The number of methoxy groups -OCH3 is 2. The Hall–Kier alpha value is -4.05. The van der Waals surface area contributed by atoms with E-state index in [9.17, 15) is 9.59 Å². The van der Waals surface area contributed by atoms with Gasteiger partial charge in [-0.1, -0.05) is 18.2 Å². The van der Waals surface area contributed by atoms with Crippen LogP contribution in [0.1, 0.15) is 33.7 Å². The predicted octanol–water partition coefficient (Wildman–Crippen LogP) is 3.46. The van der Waals surface area contributed by atoms with Crippen molar-refractivity contribution in [3.05, 3.63) is 59.8 Å². The lowest BCUT2D eigenvalue weighted by atomic mass is 9.91. The van der Waals surface area contributed by atoms with Crippen LogP contribution in [-0.2, 0) is 0 Å². The lowest BCUT2D eigenvalue weighted by molar-refractivity contribution is 0.0851. The molecule has 1 aliphatic heterocycles. The molecular weight excluding hydrogens is 450 g/mol. The van der Waals surface area contributed by atoms with Crippen LogP contribution >= 0.6 is 0 Å². The van der Waals surface area contributed by atoms with Crippen molar-refractivity contribution in [3.63, 3.8) is 0 Å². The number of carbonyl (C=O) groups excluding carboxylic acids is 2. The molecule has 0 atom stereocenters. The van der Waals surface area contributed by atoms with E-state index in [-0.39, 0.29) is 46.6 Å². The number of anilines is 1. The van der Waals surface area contributed by atoms with Crippen molar-refractivity contribution in [2.24, 2.45) is 5.92 Å². The lowest BCUT2D eigenvalue weighted by Crippen LogP contribution is -2.33. The van der Waals surface area contributed by atoms with Gasteiger partial charge in [0, 0.05) is 5.92 Å². The van der Waals surface area contributed by atoms with E-state index in [1.807, 2.05) is 7.05 Å². The zero-order chi connectivity index (χ0) is 24.8. The van der Waals surface area contributed by atoms with E-state index in [0.29, 0.717) is 5.69 Å². The van der Waals surface area contributed by atoms with Crippen molar-refractivity contribution in [1.82, 2.24) is 19.9 Å². The summed E-state index contributed by atoms with van der Waals surface area (Å²) in [5, 5.41) is 2.75. The second-order valence-electron chi connectivity index (χ2n) is 8.14. The normalized spacial score (nSPS) is 14.3. The van der Waals surface area contributed by atoms with E-state index in [0.717, 1.165) is 25.9 Å². The van der Waals surface area contributed by atoms with Crippen molar-refractivity contribution in [2.75, 3.05) is 39.7 Å². The van der Waals surface area contributed by atoms with Crippen LogP contribution in [-0.4, -0.2) is 65.9 Å². The van der Waals surface area contributed by atoms with Gasteiger partial charge in [-0.25, -0.2) is 4.98 Å². The zero-order valence-electron chi connectivity index (χ0n) is 19.9. The highest BCUT2D eigenvalue weighted by Gasteiger charge is 2.25. The van der Waals surface area contributed by atoms with Gasteiger partial charge in [0.1, 0.15) is 17.3 Å². The van der Waals surface area contributed by atoms with Crippen molar-refractivity contribution in [2.45, 2.75) is 12.8 Å². The Kier molecular flexibility index (Phi) is 7.51. The van der Waals surface area contributed by atoms with E-state index < -0.39 is 5.91 Å². The lowest BCUT2D eigenvalue weighted by Gasteiger charge is -2.27. The molecule has 1 N–H and O–H groups in total. The highest BCUT2D eigenvalue weighted by atomic mass is 16.5. The summed E-state index contributed by atoms with van der Waals surface area (Å²) in [4.78, 5) is 40.9. The van der Waals surface area contributed by atoms with Crippen molar-refractivity contribution in [1.29, 1.82) is 0 Å². The molecule has 1 fully saturated rings. The van der Waals surface area contributed by atoms with Crippen molar-refractivity contribution < 1.29 is 23.8 Å². The second-order valence-corrected chi connectivity index (χ2v) is 8.14. The Morgan fingerprint density at radius 2 is 1.63 bits per heavy atom. The van der Waals surface area contributed by atoms with E-state index >= 15 is 0 Å². The molecule has 2 aromatic heterocycles. The van der Waals surface area contributed by atoms with Gasteiger partial charge in [0.15, 0.2) is 5.78 Å². The van der Waals surface area contributed by atoms with Gasteiger partial charge in [-0.05, 0) is 57.2 Å². The van der Waals surface area contributed by atoms with E-state index in [1.165, 1.54) is 20.3 Å². The van der Waals surface area contributed by atoms with Gasteiger partial charge in [0.05, 0.1) is 25.8 Å². The molecule has 1 aliphatic rings. The van der Waals surface area contributed by atoms with Crippen LogP contribution in [0.15, 0.2) is 48.5 Å². The smallest absolute Gasteiger partial charge is 0.328 e. The summed E-state index contributed by atoms with van der Waals surface area (Å²) in [7, 11) is 4.98. The first-order valence-electron chi connectivity index (χ1n) is 11.2. The average Bonchev–Trinajstić information content (AvgIpc) is 2.89. The Bertz CT molecular complexity index is 1190. The topological polar surface area (TPSA) is 116 Å². The van der Waals surface area contributed by atoms with Crippen LogP contribution in [0.4, 0.5) is 5.82 Å². The number of amides is 1. The molecule has 0 unspecified atom stereocenters. The summed E-state index contributed by atoms with van der Waals surface area (Å²) in [6, 6.07) is 13.2. The molecule has 10 nitrogen and oxygen atoms in total. The number of benzene rings is 1. The molecule has 3 heterocycles. The van der Waals surface area contributed by atoms with Gasteiger partial charge < -0.3 is 24.4 Å². The number of nitrogens with zero attached hydrogens (tertiary/aromatic N) is 4. The number of nitrogens with one attached hydrogen (secondary N) is 1. The molecule has 35 heavy (non-hydrogen) atoms. The summed E-state index contributed by atoms with van der Waals surface area (Å²) in [5.41, 5.74) is 0.588. The minimum Gasteiger partial charge on any atom is -0.481 e. The number of rotatable bonds is 8. The minimum absolute atomic E-state index is 0.00190. The van der Waals surface area contributed by atoms with Gasteiger partial charge in [-0.3, -0.25) is 9.59 Å². The number of para-hydroxylation sites is 1. The first-order valence-corrected chi connectivity index (χ1v) is 11.2. The maximum absolute atomic E-state index is 13.1. The molecule has 0 aliphatic carbocycles. The average molecular weight is 478 g/mol. The van der Waals surface area contributed by atoms with Gasteiger partial charge in [0.2, 0.25) is 11.8 Å². The summed E-state index contributed by atoms with van der Waals surface area (Å²) >= 11 is 0. The van der Waals surface area contributed by atoms with Crippen LogP contribution < -0.4 is 19.5 Å². The van der Waals surface area contributed by atoms with E-state index in [1.54, 1.807) is 42.5 Å². The zero-order valence-corrected chi connectivity index (χ0v) is 19.9. The summed E-state index contributed by atoms with van der Waals surface area (Å²) in [5.74, 6) is 0.516. The van der Waals surface area contributed by atoms with Gasteiger partial charge in [-0.2, -0.15) is 9.97 Å². The third kappa shape index (κ3) is 5.90. The molecular formula is C25H27N5O5. The van der Waals surface area contributed by atoms with Crippen LogP contribution in [0.3, 0.4) is 0 Å². The predicted molar refractivity (Wildman–Crippen MR) is 128 cm³/mol. The van der Waals surface area contributed by atoms with Crippen molar-refractivity contribution >= 4 is 17.5 Å². The maximum Gasteiger partial charge on any atom is 0.328 e. The number of hydrogen-bond acceptors (Lipinski definition) is 9. The Labute approximate surface area is 203 Å². The molecule has 3 aromatic rings. The number of carbonyl (C=O) groups is 2. The fraction of sp³-hybridized carbons (Fsp3) is 0.320. The first kappa shape index (κ1) is 24.1. The number of ether oxygens (including phenoxy) is 3. The molecule has 182 valence electrons. The maximum atomic E-state index is 13.1. The second kappa shape index (κ2) is 10.9. The van der Waals surface area contributed by atoms with Crippen molar-refractivity contribution in [3.8, 4) is 23.5 Å². The SMILES string of the molecule is COc1cc(OC)nc(Oc2ccccc2C(=O)Nc2cccc(C(=O)C3CCN(C)CC3)n2)n1. The Morgan fingerprint density at radius 3 is 2.31 bits per heavy atom. The number of likely N-dealkylation sites (tertiary alicyclic amines) is 1. The fourth-order valence-electron chi connectivity index (χ4n) is 3.79. The Morgan fingerprint density at radius 1 is 0.943 bits per heavy atom. The molecule has 1 saturated heterocycles. The molecule has 0 bridgehead atoms. The molecule has 10 heteroatoms. The van der Waals surface area contributed by atoms with Gasteiger partial charge in [-0.15, -0.1) is 0 Å². The largest absolute Gasteiger partial charge is 0.481 e. The molecule has 0 spiro atoms. The molecule has 4 rings (SSSR count).